The normalized spacial score (nSPS) is 37.3. The summed E-state index contributed by atoms with van der Waals surface area (Å²) in [6.45, 7) is 2.35. The van der Waals surface area contributed by atoms with E-state index in [1.807, 2.05) is 0 Å². The summed E-state index contributed by atoms with van der Waals surface area (Å²) in [4.78, 5) is 10.8. The number of carbonyl (C=O) groups excluding carboxylic acids is 1. The van der Waals surface area contributed by atoms with Crippen LogP contribution >= 0.6 is 0 Å². The van der Waals surface area contributed by atoms with Crippen LogP contribution in [0.4, 0.5) is 0 Å². The monoisotopic (exact) mass is 286 g/mol. The van der Waals surface area contributed by atoms with Crippen LogP contribution in [-0.4, -0.2) is 59.9 Å². The number of hydrogen-bond donors (Lipinski definition) is 3. The van der Waals surface area contributed by atoms with Crippen molar-refractivity contribution >= 4 is 16.4 Å². The molecule has 10 heteroatoms. The molecule has 0 aromatic carbocycles. The van der Waals surface area contributed by atoms with Crippen molar-refractivity contribution in [2.24, 2.45) is 0 Å². The van der Waals surface area contributed by atoms with Gasteiger partial charge in [-0.2, -0.15) is 8.42 Å². The van der Waals surface area contributed by atoms with Crippen LogP contribution in [0.2, 0.25) is 0 Å². The van der Waals surface area contributed by atoms with Crippen molar-refractivity contribution < 1.29 is 41.6 Å². The Labute approximate surface area is 103 Å². The summed E-state index contributed by atoms with van der Waals surface area (Å²) in [6, 6.07) is 0. The standard InChI is InChI=1S/C8H14O9S/c1-3-6(17-18(12,13)14)5(10)7(8(11)15-3)16-4(2)9/h3,5-8,10-11H,1-2H3,(H,12,13,14)/t3-,5+,6+,7-,8?/m0/s1. The highest BCUT2D eigenvalue weighted by atomic mass is 32.3. The highest BCUT2D eigenvalue weighted by molar-refractivity contribution is 7.80. The van der Waals surface area contributed by atoms with E-state index in [2.05, 4.69) is 8.92 Å². The van der Waals surface area contributed by atoms with Crippen molar-refractivity contribution in [1.29, 1.82) is 0 Å². The van der Waals surface area contributed by atoms with E-state index in [1.54, 1.807) is 0 Å². The lowest BCUT2D eigenvalue weighted by atomic mass is 10.00. The molecule has 9 nitrogen and oxygen atoms in total. The Bertz CT molecular complexity index is 405. The Morgan fingerprint density at radius 2 is 1.83 bits per heavy atom. The van der Waals surface area contributed by atoms with Crippen LogP contribution in [0.5, 0.6) is 0 Å². The summed E-state index contributed by atoms with van der Waals surface area (Å²) in [7, 11) is -4.82. The molecule has 0 radical (unpaired) electrons. The fraction of sp³-hybridized carbons (Fsp3) is 0.875. The minimum absolute atomic E-state index is 0.804. The van der Waals surface area contributed by atoms with E-state index >= 15 is 0 Å². The van der Waals surface area contributed by atoms with Gasteiger partial charge in [0, 0.05) is 6.92 Å². The van der Waals surface area contributed by atoms with Crippen LogP contribution in [0.15, 0.2) is 0 Å². The van der Waals surface area contributed by atoms with Gasteiger partial charge in [0.1, 0.15) is 12.2 Å². The minimum atomic E-state index is -4.82. The van der Waals surface area contributed by atoms with E-state index in [0.717, 1.165) is 6.92 Å². The zero-order valence-electron chi connectivity index (χ0n) is 9.59. The highest BCUT2D eigenvalue weighted by Crippen LogP contribution is 2.25. The largest absolute Gasteiger partial charge is 0.454 e. The molecular weight excluding hydrogens is 272 g/mol. The smallest absolute Gasteiger partial charge is 0.397 e. The van der Waals surface area contributed by atoms with Gasteiger partial charge in [0.15, 0.2) is 12.4 Å². The summed E-state index contributed by atoms with van der Waals surface area (Å²) in [6.07, 6.45) is -7.35. The molecule has 1 fully saturated rings. The second kappa shape index (κ2) is 5.47. The van der Waals surface area contributed by atoms with Crippen molar-refractivity contribution in [3.05, 3.63) is 0 Å². The third-order valence-corrected chi connectivity index (χ3v) is 2.77. The molecule has 0 saturated carbocycles. The molecule has 1 rings (SSSR count). The Morgan fingerprint density at radius 3 is 2.28 bits per heavy atom. The summed E-state index contributed by atoms with van der Waals surface area (Å²) in [5.74, 6) is -0.804. The minimum Gasteiger partial charge on any atom is -0.454 e. The van der Waals surface area contributed by atoms with Gasteiger partial charge < -0.3 is 19.7 Å². The van der Waals surface area contributed by atoms with E-state index in [9.17, 15) is 23.4 Å². The van der Waals surface area contributed by atoms with Gasteiger partial charge in [0.25, 0.3) is 0 Å². The molecule has 0 aromatic rings. The topological polar surface area (TPSA) is 140 Å². The lowest BCUT2D eigenvalue weighted by molar-refractivity contribution is -0.278. The quantitative estimate of drug-likeness (QED) is 0.405. The van der Waals surface area contributed by atoms with Gasteiger partial charge in [0.2, 0.25) is 0 Å². The van der Waals surface area contributed by atoms with Crippen LogP contribution in [0.25, 0.3) is 0 Å². The van der Waals surface area contributed by atoms with Crippen molar-refractivity contribution in [2.75, 3.05) is 0 Å². The molecule has 18 heavy (non-hydrogen) atoms. The first kappa shape index (κ1) is 15.3. The van der Waals surface area contributed by atoms with Crippen molar-refractivity contribution in [2.45, 2.75) is 44.6 Å². The molecule has 1 saturated heterocycles. The van der Waals surface area contributed by atoms with Gasteiger partial charge in [-0.15, -0.1) is 0 Å². The molecular formula is C8H14O9S. The SMILES string of the molecule is CC(=O)O[C@@H]1C(O)O[C@@H](C)[C@@H](OS(=O)(=O)O)[C@H]1O. The van der Waals surface area contributed by atoms with Crippen LogP contribution in [0, 0.1) is 0 Å². The van der Waals surface area contributed by atoms with Gasteiger partial charge in [-0.05, 0) is 6.92 Å². The van der Waals surface area contributed by atoms with Crippen LogP contribution in [-0.2, 0) is 28.9 Å². The maximum Gasteiger partial charge on any atom is 0.397 e. The number of rotatable bonds is 3. The lowest BCUT2D eigenvalue weighted by Gasteiger charge is -2.39. The zero-order chi connectivity index (χ0) is 14.1. The van der Waals surface area contributed by atoms with Gasteiger partial charge in [0.05, 0.1) is 6.10 Å². The van der Waals surface area contributed by atoms with Crippen LogP contribution in [0.3, 0.4) is 0 Å². The summed E-state index contributed by atoms with van der Waals surface area (Å²) in [5, 5.41) is 19.2. The van der Waals surface area contributed by atoms with Crippen molar-refractivity contribution in [3.63, 3.8) is 0 Å². The van der Waals surface area contributed by atoms with E-state index < -0.39 is 47.1 Å². The molecule has 5 atom stereocenters. The lowest BCUT2D eigenvalue weighted by Crippen LogP contribution is -2.59. The first-order valence-corrected chi connectivity index (χ1v) is 6.33. The second-order valence-corrected chi connectivity index (χ2v) is 4.83. The molecule has 3 N–H and O–H groups in total. The van der Waals surface area contributed by atoms with E-state index in [4.69, 9.17) is 9.29 Å². The fourth-order valence-corrected chi connectivity index (χ4v) is 2.15. The molecule has 1 aliphatic rings. The Morgan fingerprint density at radius 1 is 1.28 bits per heavy atom. The highest BCUT2D eigenvalue weighted by Gasteiger charge is 2.47. The van der Waals surface area contributed by atoms with E-state index in [0.29, 0.717) is 0 Å². The van der Waals surface area contributed by atoms with E-state index in [-0.39, 0.29) is 0 Å². The number of aliphatic hydroxyl groups excluding tert-OH is 2. The van der Waals surface area contributed by atoms with E-state index in [1.165, 1.54) is 6.92 Å². The number of carbonyl (C=O) groups is 1. The molecule has 0 aromatic heterocycles. The molecule has 0 bridgehead atoms. The number of aliphatic hydroxyl groups is 2. The third-order valence-electron chi connectivity index (χ3n) is 2.31. The van der Waals surface area contributed by atoms with Crippen LogP contribution in [0.1, 0.15) is 13.8 Å². The first-order valence-electron chi connectivity index (χ1n) is 4.96. The summed E-state index contributed by atoms with van der Waals surface area (Å²) < 4.78 is 43.4. The molecule has 106 valence electrons. The Hall–Kier alpha value is -0.780. The zero-order valence-corrected chi connectivity index (χ0v) is 10.4. The molecule has 0 amide bonds. The van der Waals surface area contributed by atoms with Gasteiger partial charge in [-0.1, -0.05) is 0 Å². The predicted molar refractivity (Wildman–Crippen MR) is 54.5 cm³/mol. The van der Waals surface area contributed by atoms with Crippen molar-refractivity contribution in [3.8, 4) is 0 Å². The molecule has 0 spiro atoms. The molecule has 1 heterocycles. The van der Waals surface area contributed by atoms with Gasteiger partial charge >= 0.3 is 16.4 Å². The fourth-order valence-electron chi connectivity index (χ4n) is 1.60. The summed E-state index contributed by atoms with van der Waals surface area (Å²) >= 11 is 0. The Balaban J connectivity index is 2.87. The third kappa shape index (κ3) is 3.86. The average Bonchev–Trinajstić information content (AvgIpc) is 2.17. The van der Waals surface area contributed by atoms with Crippen molar-refractivity contribution in [1.82, 2.24) is 0 Å². The molecule has 1 unspecified atom stereocenters. The maximum atomic E-state index is 10.8. The van der Waals surface area contributed by atoms with Gasteiger partial charge in [-0.3, -0.25) is 9.35 Å². The van der Waals surface area contributed by atoms with Crippen LogP contribution < -0.4 is 0 Å². The maximum absolute atomic E-state index is 10.8. The summed E-state index contributed by atoms with van der Waals surface area (Å²) in [5.41, 5.74) is 0. The number of hydrogen-bond acceptors (Lipinski definition) is 8. The Kier molecular flexibility index (Phi) is 4.64. The molecule has 0 aliphatic carbocycles. The predicted octanol–water partition coefficient (Wildman–Crippen LogP) is -1.80. The second-order valence-electron chi connectivity index (χ2n) is 3.78. The average molecular weight is 286 g/mol. The molecule has 1 aliphatic heterocycles. The number of esters is 1. The number of ether oxygens (including phenoxy) is 2. The van der Waals surface area contributed by atoms with Gasteiger partial charge in [-0.25, -0.2) is 4.18 Å². The first-order chi connectivity index (χ1) is 8.11.